The molecular formula is C10H11N3O. The van der Waals surface area contributed by atoms with Crippen LogP contribution in [0.4, 0.5) is 0 Å². The Bertz CT molecular complexity index is 423. The first kappa shape index (κ1) is 8.74. The van der Waals surface area contributed by atoms with E-state index in [0.717, 1.165) is 22.6 Å². The van der Waals surface area contributed by atoms with Gasteiger partial charge in [-0.25, -0.2) is 0 Å². The van der Waals surface area contributed by atoms with Crippen molar-refractivity contribution in [1.29, 1.82) is 0 Å². The minimum Gasteiger partial charge on any atom is -0.496 e. The van der Waals surface area contributed by atoms with Crippen molar-refractivity contribution in [3.05, 3.63) is 30.2 Å². The molecule has 2 rings (SSSR count). The first-order chi connectivity index (χ1) is 6.81. The lowest BCUT2D eigenvalue weighted by Crippen LogP contribution is -1.90. The van der Waals surface area contributed by atoms with E-state index >= 15 is 0 Å². The number of nitrogens with zero attached hydrogens (tertiary/aromatic N) is 2. The molecule has 2 aromatic rings. The standard InChI is InChI=1S/C10H11N3O/c1-7-4-11-9(3-10(7)14-2)8-5-12-13-6-8/h3-6H,1-2H3,(H,12,13). The molecule has 0 aliphatic rings. The van der Waals surface area contributed by atoms with Gasteiger partial charge in [0.25, 0.3) is 0 Å². The Morgan fingerprint density at radius 2 is 2.21 bits per heavy atom. The second-order valence-electron chi connectivity index (χ2n) is 3.03. The summed E-state index contributed by atoms with van der Waals surface area (Å²) in [6.07, 6.45) is 5.33. The fourth-order valence-corrected chi connectivity index (χ4v) is 1.27. The number of aromatic nitrogens is 3. The maximum atomic E-state index is 5.21. The van der Waals surface area contributed by atoms with Crippen LogP contribution in [0, 0.1) is 6.92 Å². The van der Waals surface area contributed by atoms with E-state index in [0.29, 0.717) is 0 Å². The van der Waals surface area contributed by atoms with Gasteiger partial charge in [0.15, 0.2) is 0 Å². The number of ether oxygens (including phenoxy) is 1. The molecule has 0 amide bonds. The van der Waals surface area contributed by atoms with Crippen molar-refractivity contribution in [2.45, 2.75) is 6.92 Å². The third kappa shape index (κ3) is 1.46. The zero-order valence-electron chi connectivity index (χ0n) is 8.11. The van der Waals surface area contributed by atoms with Crippen LogP contribution in [0.3, 0.4) is 0 Å². The molecule has 0 aromatic carbocycles. The first-order valence-corrected chi connectivity index (χ1v) is 4.31. The molecule has 2 heterocycles. The summed E-state index contributed by atoms with van der Waals surface area (Å²) in [5, 5.41) is 6.62. The molecule has 0 atom stereocenters. The molecule has 4 nitrogen and oxygen atoms in total. The van der Waals surface area contributed by atoms with Crippen LogP contribution in [0.5, 0.6) is 5.75 Å². The maximum Gasteiger partial charge on any atom is 0.125 e. The van der Waals surface area contributed by atoms with Gasteiger partial charge in [-0.05, 0) is 6.92 Å². The number of hydrogen-bond donors (Lipinski definition) is 1. The van der Waals surface area contributed by atoms with E-state index < -0.39 is 0 Å². The fourth-order valence-electron chi connectivity index (χ4n) is 1.27. The predicted octanol–water partition coefficient (Wildman–Crippen LogP) is 1.79. The molecule has 0 aliphatic heterocycles. The molecule has 4 heteroatoms. The number of methoxy groups -OCH3 is 1. The molecule has 2 aromatic heterocycles. The van der Waals surface area contributed by atoms with Crippen LogP contribution in [0.25, 0.3) is 11.3 Å². The summed E-state index contributed by atoms with van der Waals surface area (Å²) in [7, 11) is 1.65. The van der Waals surface area contributed by atoms with Crippen LogP contribution in [0.2, 0.25) is 0 Å². The third-order valence-corrected chi connectivity index (χ3v) is 2.07. The van der Waals surface area contributed by atoms with Crippen LogP contribution in [-0.2, 0) is 0 Å². The van der Waals surface area contributed by atoms with Gasteiger partial charge in [-0.1, -0.05) is 0 Å². The zero-order chi connectivity index (χ0) is 9.97. The largest absolute Gasteiger partial charge is 0.496 e. The number of rotatable bonds is 2. The Morgan fingerprint density at radius 1 is 1.36 bits per heavy atom. The quantitative estimate of drug-likeness (QED) is 0.783. The predicted molar refractivity (Wildman–Crippen MR) is 53.1 cm³/mol. The van der Waals surface area contributed by atoms with Crippen molar-refractivity contribution >= 4 is 0 Å². The highest BCUT2D eigenvalue weighted by Crippen LogP contribution is 2.23. The second kappa shape index (κ2) is 3.49. The topological polar surface area (TPSA) is 50.8 Å². The van der Waals surface area contributed by atoms with Crippen molar-refractivity contribution in [3.8, 4) is 17.0 Å². The van der Waals surface area contributed by atoms with E-state index in [1.807, 2.05) is 13.0 Å². The molecule has 0 unspecified atom stereocenters. The summed E-state index contributed by atoms with van der Waals surface area (Å²) in [6.45, 7) is 1.96. The van der Waals surface area contributed by atoms with Crippen molar-refractivity contribution in [2.24, 2.45) is 0 Å². The van der Waals surface area contributed by atoms with Crippen molar-refractivity contribution in [1.82, 2.24) is 15.2 Å². The summed E-state index contributed by atoms with van der Waals surface area (Å²) in [4.78, 5) is 4.29. The van der Waals surface area contributed by atoms with Gasteiger partial charge in [-0.2, -0.15) is 5.10 Å². The molecule has 0 spiro atoms. The highest BCUT2D eigenvalue weighted by molar-refractivity contribution is 5.59. The number of aromatic amines is 1. The second-order valence-corrected chi connectivity index (χ2v) is 3.03. The number of aryl methyl sites for hydroxylation is 1. The molecule has 14 heavy (non-hydrogen) atoms. The molecule has 1 N–H and O–H groups in total. The van der Waals surface area contributed by atoms with E-state index in [-0.39, 0.29) is 0 Å². The number of pyridine rings is 1. The SMILES string of the molecule is COc1cc(-c2cn[nH]c2)ncc1C. The molecule has 0 saturated carbocycles. The van der Waals surface area contributed by atoms with Crippen LogP contribution < -0.4 is 4.74 Å². The van der Waals surface area contributed by atoms with Crippen molar-refractivity contribution < 1.29 is 4.74 Å². The Balaban J connectivity index is 2.46. The highest BCUT2D eigenvalue weighted by Gasteiger charge is 2.04. The van der Waals surface area contributed by atoms with Gasteiger partial charge in [-0.3, -0.25) is 10.1 Å². The average Bonchev–Trinajstić information content (AvgIpc) is 2.71. The number of nitrogens with one attached hydrogen (secondary N) is 1. The lowest BCUT2D eigenvalue weighted by atomic mass is 10.2. The Labute approximate surface area is 81.9 Å². The van der Waals surface area contributed by atoms with Gasteiger partial charge in [0.05, 0.1) is 19.0 Å². The highest BCUT2D eigenvalue weighted by atomic mass is 16.5. The summed E-state index contributed by atoms with van der Waals surface area (Å²) in [5.41, 5.74) is 2.85. The van der Waals surface area contributed by atoms with Crippen molar-refractivity contribution in [2.75, 3.05) is 7.11 Å². The molecule has 0 bridgehead atoms. The number of hydrogen-bond acceptors (Lipinski definition) is 3. The normalized spacial score (nSPS) is 10.1. The van der Waals surface area contributed by atoms with E-state index in [1.54, 1.807) is 25.7 Å². The molecule has 72 valence electrons. The van der Waals surface area contributed by atoms with Gasteiger partial charge in [-0.15, -0.1) is 0 Å². The first-order valence-electron chi connectivity index (χ1n) is 4.31. The monoisotopic (exact) mass is 189 g/mol. The summed E-state index contributed by atoms with van der Waals surface area (Å²) >= 11 is 0. The van der Waals surface area contributed by atoms with Crippen LogP contribution in [0.1, 0.15) is 5.56 Å². The fraction of sp³-hybridized carbons (Fsp3) is 0.200. The summed E-state index contributed by atoms with van der Waals surface area (Å²) in [5.74, 6) is 0.844. The smallest absolute Gasteiger partial charge is 0.125 e. The van der Waals surface area contributed by atoms with Crippen LogP contribution in [-0.4, -0.2) is 22.3 Å². The van der Waals surface area contributed by atoms with Crippen LogP contribution in [0.15, 0.2) is 24.7 Å². The summed E-state index contributed by atoms with van der Waals surface area (Å²) < 4.78 is 5.21. The van der Waals surface area contributed by atoms with Crippen molar-refractivity contribution in [3.63, 3.8) is 0 Å². The van der Waals surface area contributed by atoms with E-state index in [4.69, 9.17) is 4.74 Å². The molecular weight excluding hydrogens is 178 g/mol. The lowest BCUT2D eigenvalue weighted by molar-refractivity contribution is 0.411. The minimum absolute atomic E-state index is 0.844. The van der Waals surface area contributed by atoms with E-state index in [1.165, 1.54) is 0 Å². The molecule has 0 fully saturated rings. The Kier molecular flexibility index (Phi) is 2.18. The third-order valence-electron chi connectivity index (χ3n) is 2.07. The lowest BCUT2D eigenvalue weighted by Gasteiger charge is -2.04. The molecule has 0 saturated heterocycles. The Hall–Kier alpha value is -1.84. The average molecular weight is 189 g/mol. The van der Waals surface area contributed by atoms with E-state index in [9.17, 15) is 0 Å². The zero-order valence-corrected chi connectivity index (χ0v) is 8.11. The number of H-pyrrole nitrogens is 1. The summed E-state index contributed by atoms with van der Waals surface area (Å²) in [6, 6.07) is 1.90. The minimum atomic E-state index is 0.844. The molecule has 0 radical (unpaired) electrons. The van der Waals surface area contributed by atoms with E-state index in [2.05, 4.69) is 15.2 Å². The van der Waals surface area contributed by atoms with Gasteiger partial charge in [0.1, 0.15) is 5.75 Å². The van der Waals surface area contributed by atoms with Crippen LogP contribution >= 0.6 is 0 Å². The van der Waals surface area contributed by atoms with Gasteiger partial charge in [0.2, 0.25) is 0 Å². The van der Waals surface area contributed by atoms with Gasteiger partial charge in [0, 0.05) is 29.6 Å². The van der Waals surface area contributed by atoms with Gasteiger partial charge < -0.3 is 4.74 Å². The molecule has 0 aliphatic carbocycles. The Morgan fingerprint density at radius 3 is 2.86 bits per heavy atom. The van der Waals surface area contributed by atoms with Gasteiger partial charge >= 0.3 is 0 Å². The maximum absolute atomic E-state index is 5.21.